The van der Waals surface area contributed by atoms with E-state index in [1.807, 2.05) is 0 Å². The Morgan fingerprint density at radius 3 is 2.58 bits per heavy atom. The van der Waals surface area contributed by atoms with Crippen LogP contribution in [-0.2, 0) is 32.5 Å². The standard InChI is InChI=1S/C22H21F3N2O4/c1-26(13-17-6-3-9-31-17)18(28)11-21(12-19(29)27(20(21)30)16-7-8-16)14-4-2-5-15(10-14)22(23,24)25/h2-6,9-10,16H,7-8,11-13H2,1H3. The molecule has 0 bridgehead atoms. The number of carbonyl (C=O) groups excluding carboxylic acids is 3. The molecule has 1 saturated heterocycles. The fraction of sp³-hybridized carbons (Fsp3) is 0.409. The zero-order valence-corrected chi connectivity index (χ0v) is 16.8. The van der Waals surface area contributed by atoms with Crippen molar-refractivity contribution in [2.75, 3.05) is 7.05 Å². The molecule has 1 aliphatic carbocycles. The zero-order valence-electron chi connectivity index (χ0n) is 16.8. The van der Waals surface area contributed by atoms with Gasteiger partial charge in [-0.3, -0.25) is 19.3 Å². The van der Waals surface area contributed by atoms with Crippen molar-refractivity contribution < 1.29 is 32.0 Å². The average molecular weight is 434 g/mol. The molecule has 1 atom stereocenters. The lowest BCUT2D eigenvalue weighted by atomic mass is 9.75. The number of likely N-dealkylation sites (tertiary alicyclic amines) is 1. The van der Waals surface area contributed by atoms with Crippen molar-refractivity contribution in [1.29, 1.82) is 0 Å². The van der Waals surface area contributed by atoms with Crippen molar-refractivity contribution in [2.45, 2.75) is 49.9 Å². The zero-order chi connectivity index (χ0) is 22.4. The van der Waals surface area contributed by atoms with Gasteiger partial charge in [-0.05, 0) is 36.6 Å². The summed E-state index contributed by atoms with van der Waals surface area (Å²) in [5, 5.41) is 0. The number of imide groups is 1. The van der Waals surface area contributed by atoms with Gasteiger partial charge in [0.15, 0.2) is 0 Å². The Labute approximate surface area is 176 Å². The van der Waals surface area contributed by atoms with Gasteiger partial charge in [0.2, 0.25) is 17.7 Å². The molecule has 3 amide bonds. The number of benzene rings is 1. The Morgan fingerprint density at radius 2 is 1.97 bits per heavy atom. The van der Waals surface area contributed by atoms with Crippen LogP contribution in [0.5, 0.6) is 0 Å². The number of hydrogen-bond acceptors (Lipinski definition) is 4. The number of alkyl halides is 3. The molecular formula is C22H21F3N2O4. The van der Waals surface area contributed by atoms with E-state index in [9.17, 15) is 27.6 Å². The SMILES string of the molecule is CN(Cc1ccco1)C(=O)CC1(c2cccc(C(F)(F)F)c2)CC(=O)N(C2CC2)C1=O. The van der Waals surface area contributed by atoms with E-state index in [1.165, 1.54) is 30.3 Å². The molecule has 1 aliphatic heterocycles. The summed E-state index contributed by atoms with van der Waals surface area (Å²) >= 11 is 0. The summed E-state index contributed by atoms with van der Waals surface area (Å²) in [5.74, 6) is -0.990. The van der Waals surface area contributed by atoms with Crippen LogP contribution in [-0.4, -0.2) is 40.6 Å². The molecular weight excluding hydrogens is 413 g/mol. The fourth-order valence-corrected chi connectivity index (χ4v) is 4.04. The molecule has 0 spiro atoms. The van der Waals surface area contributed by atoms with E-state index >= 15 is 0 Å². The smallest absolute Gasteiger partial charge is 0.416 e. The first-order valence-corrected chi connectivity index (χ1v) is 9.92. The second-order valence-corrected chi connectivity index (χ2v) is 8.14. The summed E-state index contributed by atoms with van der Waals surface area (Å²) in [4.78, 5) is 41.6. The summed E-state index contributed by atoms with van der Waals surface area (Å²) in [7, 11) is 1.52. The van der Waals surface area contributed by atoms with E-state index in [-0.39, 0.29) is 24.6 Å². The molecule has 0 N–H and O–H groups in total. The molecule has 9 heteroatoms. The van der Waals surface area contributed by atoms with Crippen LogP contribution in [0.4, 0.5) is 13.2 Å². The maximum Gasteiger partial charge on any atom is 0.416 e. The first kappa shape index (κ1) is 21.1. The molecule has 0 radical (unpaired) electrons. The Bertz CT molecular complexity index is 1010. The molecule has 1 aromatic heterocycles. The highest BCUT2D eigenvalue weighted by atomic mass is 19.4. The molecule has 4 rings (SSSR count). The number of hydrogen-bond donors (Lipinski definition) is 0. The predicted octanol–water partition coefficient (Wildman–Crippen LogP) is 3.51. The lowest BCUT2D eigenvalue weighted by Crippen LogP contribution is -2.43. The minimum Gasteiger partial charge on any atom is -0.467 e. The summed E-state index contributed by atoms with van der Waals surface area (Å²) in [6.07, 6.45) is -2.54. The summed E-state index contributed by atoms with van der Waals surface area (Å²) in [5.41, 5.74) is -2.55. The van der Waals surface area contributed by atoms with Crippen molar-refractivity contribution in [3.63, 3.8) is 0 Å². The second-order valence-electron chi connectivity index (χ2n) is 8.14. The van der Waals surface area contributed by atoms with Crippen molar-refractivity contribution >= 4 is 17.7 Å². The normalized spacial score (nSPS) is 21.6. The maximum atomic E-state index is 13.4. The van der Waals surface area contributed by atoms with Gasteiger partial charge in [0.25, 0.3) is 0 Å². The first-order valence-electron chi connectivity index (χ1n) is 9.92. The number of carbonyl (C=O) groups is 3. The van der Waals surface area contributed by atoms with Crippen LogP contribution in [0.15, 0.2) is 47.1 Å². The third kappa shape index (κ3) is 3.96. The average Bonchev–Trinajstić information content (AvgIpc) is 3.34. The molecule has 1 unspecified atom stereocenters. The van der Waals surface area contributed by atoms with Crippen LogP contribution in [0.3, 0.4) is 0 Å². The minimum atomic E-state index is -4.61. The van der Waals surface area contributed by atoms with E-state index in [4.69, 9.17) is 4.42 Å². The van der Waals surface area contributed by atoms with E-state index in [0.29, 0.717) is 18.6 Å². The topological polar surface area (TPSA) is 70.8 Å². The Kier molecular flexibility index (Phi) is 5.15. The summed E-state index contributed by atoms with van der Waals surface area (Å²) in [6, 6.07) is 7.49. The third-order valence-electron chi connectivity index (χ3n) is 5.86. The van der Waals surface area contributed by atoms with Gasteiger partial charge in [0.1, 0.15) is 5.76 Å². The Hall–Kier alpha value is -3.10. The highest BCUT2D eigenvalue weighted by Gasteiger charge is 2.57. The lowest BCUT2D eigenvalue weighted by molar-refractivity contribution is -0.143. The van der Waals surface area contributed by atoms with Crippen molar-refractivity contribution in [2.24, 2.45) is 0 Å². The monoisotopic (exact) mass is 434 g/mol. The fourth-order valence-electron chi connectivity index (χ4n) is 4.04. The molecule has 2 heterocycles. The van der Waals surface area contributed by atoms with E-state index in [0.717, 1.165) is 17.0 Å². The van der Waals surface area contributed by atoms with Gasteiger partial charge in [0.05, 0.1) is 23.8 Å². The molecule has 1 aromatic carbocycles. The van der Waals surface area contributed by atoms with E-state index in [2.05, 4.69) is 0 Å². The van der Waals surface area contributed by atoms with Crippen molar-refractivity contribution in [3.8, 4) is 0 Å². The van der Waals surface area contributed by atoms with Gasteiger partial charge in [-0.25, -0.2) is 0 Å². The molecule has 31 heavy (non-hydrogen) atoms. The summed E-state index contributed by atoms with van der Waals surface area (Å²) < 4.78 is 45.2. The number of halogens is 3. The second kappa shape index (κ2) is 7.55. The Balaban J connectivity index is 1.69. The van der Waals surface area contributed by atoms with Crippen LogP contribution in [0.2, 0.25) is 0 Å². The summed E-state index contributed by atoms with van der Waals surface area (Å²) in [6.45, 7) is 0.138. The molecule has 2 aromatic rings. The minimum absolute atomic E-state index is 0.0311. The molecule has 2 fully saturated rings. The van der Waals surface area contributed by atoms with Crippen LogP contribution in [0.1, 0.15) is 42.6 Å². The van der Waals surface area contributed by atoms with Gasteiger partial charge in [-0.15, -0.1) is 0 Å². The Morgan fingerprint density at radius 1 is 1.23 bits per heavy atom. The first-order chi connectivity index (χ1) is 14.6. The van der Waals surface area contributed by atoms with Crippen molar-refractivity contribution in [1.82, 2.24) is 9.80 Å². The van der Waals surface area contributed by atoms with Gasteiger partial charge >= 0.3 is 6.18 Å². The van der Waals surface area contributed by atoms with Gasteiger partial charge in [-0.1, -0.05) is 18.2 Å². The number of furan rings is 1. The third-order valence-corrected chi connectivity index (χ3v) is 5.86. The van der Waals surface area contributed by atoms with Crippen LogP contribution in [0.25, 0.3) is 0 Å². The van der Waals surface area contributed by atoms with Gasteiger partial charge in [0, 0.05) is 25.9 Å². The van der Waals surface area contributed by atoms with Crippen LogP contribution in [0, 0.1) is 0 Å². The molecule has 6 nitrogen and oxygen atoms in total. The molecule has 2 aliphatic rings. The predicted molar refractivity (Wildman–Crippen MR) is 102 cm³/mol. The molecule has 1 saturated carbocycles. The quantitative estimate of drug-likeness (QED) is 0.653. The highest BCUT2D eigenvalue weighted by molar-refractivity contribution is 6.11. The number of rotatable bonds is 6. The van der Waals surface area contributed by atoms with Gasteiger partial charge < -0.3 is 9.32 Å². The van der Waals surface area contributed by atoms with Crippen LogP contribution < -0.4 is 0 Å². The van der Waals surface area contributed by atoms with Crippen LogP contribution >= 0.6 is 0 Å². The largest absolute Gasteiger partial charge is 0.467 e. The van der Waals surface area contributed by atoms with E-state index in [1.54, 1.807) is 12.1 Å². The number of nitrogens with zero attached hydrogens (tertiary/aromatic N) is 2. The van der Waals surface area contributed by atoms with E-state index < -0.39 is 41.3 Å². The molecule has 164 valence electrons. The van der Waals surface area contributed by atoms with Gasteiger partial charge in [-0.2, -0.15) is 13.2 Å². The highest BCUT2D eigenvalue weighted by Crippen LogP contribution is 2.45. The van der Waals surface area contributed by atoms with Crippen molar-refractivity contribution in [3.05, 3.63) is 59.5 Å². The maximum absolute atomic E-state index is 13.4. The lowest BCUT2D eigenvalue weighted by Gasteiger charge is -2.29. The number of amides is 3.